The minimum atomic E-state index is -0.258. The Morgan fingerprint density at radius 1 is 1.50 bits per heavy atom. The van der Waals surface area contributed by atoms with Crippen LogP contribution in [-0.2, 0) is 5.75 Å². The minimum absolute atomic E-state index is 0.258. The van der Waals surface area contributed by atoms with Crippen LogP contribution >= 0.6 is 23.1 Å². The smallest absolute Gasteiger partial charge is 0.124 e. The fourth-order valence-corrected chi connectivity index (χ4v) is 2.86. The van der Waals surface area contributed by atoms with Crippen LogP contribution in [0.1, 0.15) is 10.7 Å². The molecular weight excluding hydrogens is 243 g/mol. The number of hydrogen-bond acceptors (Lipinski definition) is 4. The summed E-state index contributed by atoms with van der Waals surface area (Å²) in [5.41, 5.74) is 7.37. The van der Waals surface area contributed by atoms with Crippen LogP contribution in [0.3, 0.4) is 0 Å². The Hall–Kier alpha value is -1.07. The number of nitrogens with zero attached hydrogens (tertiary/aromatic N) is 1. The SMILES string of the molecule is Cc1nc(CSc2cc(F)ccc2N)cs1. The summed E-state index contributed by atoms with van der Waals surface area (Å²) in [6, 6.07) is 4.41. The molecular formula is C11H11FN2S2. The second kappa shape index (κ2) is 4.84. The van der Waals surface area contributed by atoms with Gasteiger partial charge >= 0.3 is 0 Å². The van der Waals surface area contributed by atoms with Gasteiger partial charge in [0.1, 0.15) is 5.82 Å². The van der Waals surface area contributed by atoms with Gasteiger partial charge in [0.2, 0.25) is 0 Å². The average Bonchev–Trinajstić information content (AvgIpc) is 2.66. The number of benzene rings is 1. The molecule has 0 amide bonds. The van der Waals surface area contributed by atoms with Crippen molar-refractivity contribution in [2.75, 3.05) is 5.73 Å². The van der Waals surface area contributed by atoms with Gasteiger partial charge in [0, 0.05) is 21.7 Å². The molecule has 0 aliphatic carbocycles. The zero-order valence-electron chi connectivity index (χ0n) is 8.74. The maximum atomic E-state index is 13.0. The number of thiazole rings is 1. The van der Waals surface area contributed by atoms with Crippen LogP contribution in [0.15, 0.2) is 28.5 Å². The monoisotopic (exact) mass is 254 g/mol. The number of halogens is 1. The second-order valence-corrected chi connectivity index (χ2v) is 5.41. The van der Waals surface area contributed by atoms with Gasteiger partial charge in [-0.3, -0.25) is 0 Å². The van der Waals surface area contributed by atoms with Crippen molar-refractivity contribution >= 4 is 28.8 Å². The van der Waals surface area contributed by atoms with Crippen molar-refractivity contribution in [2.45, 2.75) is 17.6 Å². The molecule has 0 fully saturated rings. The number of nitrogen functional groups attached to an aromatic ring is 1. The molecule has 1 aromatic carbocycles. The highest BCUT2D eigenvalue weighted by Crippen LogP contribution is 2.28. The normalized spacial score (nSPS) is 10.6. The molecule has 5 heteroatoms. The van der Waals surface area contributed by atoms with E-state index in [0.29, 0.717) is 5.69 Å². The van der Waals surface area contributed by atoms with Gasteiger partial charge in [0.15, 0.2) is 0 Å². The Balaban J connectivity index is 2.07. The summed E-state index contributed by atoms with van der Waals surface area (Å²) >= 11 is 3.12. The molecule has 0 atom stereocenters. The molecule has 2 N–H and O–H groups in total. The zero-order valence-corrected chi connectivity index (χ0v) is 10.4. The van der Waals surface area contributed by atoms with E-state index in [1.807, 2.05) is 12.3 Å². The number of nitrogens with two attached hydrogens (primary N) is 1. The molecule has 0 spiro atoms. The Morgan fingerprint density at radius 3 is 3.00 bits per heavy atom. The van der Waals surface area contributed by atoms with E-state index in [9.17, 15) is 4.39 Å². The fourth-order valence-electron chi connectivity index (χ4n) is 1.26. The van der Waals surface area contributed by atoms with Crippen molar-refractivity contribution in [2.24, 2.45) is 0 Å². The van der Waals surface area contributed by atoms with E-state index in [0.717, 1.165) is 21.3 Å². The molecule has 0 aliphatic heterocycles. The second-order valence-electron chi connectivity index (χ2n) is 3.33. The van der Waals surface area contributed by atoms with Crippen LogP contribution in [0.25, 0.3) is 0 Å². The molecule has 0 saturated carbocycles. The molecule has 0 radical (unpaired) electrons. The number of hydrogen-bond donors (Lipinski definition) is 1. The van der Waals surface area contributed by atoms with E-state index in [2.05, 4.69) is 4.98 Å². The van der Waals surface area contributed by atoms with Gasteiger partial charge in [-0.25, -0.2) is 9.37 Å². The lowest BCUT2D eigenvalue weighted by atomic mass is 10.3. The van der Waals surface area contributed by atoms with E-state index in [-0.39, 0.29) is 5.82 Å². The van der Waals surface area contributed by atoms with E-state index < -0.39 is 0 Å². The van der Waals surface area contributed by atoms with Gasteiger partial charge in [0.05, 0.1) is 10.7 Å². The first-order valence-electron chi connectivity index (χ1n) is 4.74. The standard InChI is InChI=1S/C11H11FN2S2/c1-7-14-9(5-15-7)6-16-11-4-8(12)2-3-10(11)13/h2-5H,6,13H2,1H3. The lowest BCUT2D eigenvalue weighted by Gasteiger charge is -2.03. The molecule has 0 aliphatic rings. The summed E-state index contributed by atoms with van der Waals surface area (Å²) in [4.78, 5) is 5.11. The van der Waals surface area contributed by atoms with Crippen molar-refractivity contribution in [1.82, 2.24) is 4.98 Å². The highest BCUT2D eigenvalue weighted by atomic mass is 32.2. The van der Waals surface area contributed by atoms with Gasteiger partial charge in [0.25, 0.3) is 0 Å². The molecule has 84 valence electrons. The zero-order chi connectivity index (χ0) is 11.5. The van der Waals surface area contributed by atoms with E-state index >= 15 is 0 Å². The summed E-state index contributed by atoms with van der Waals surface area (Å²) in [7, 11) is 0. The van der Waals surface area contributed by atoms with Crippen LogP contribution in [-0.4, -0.2) is 4.98 Å². The Labute approximate surface area is 102 Å². The average molecular weight is 254 g/mol. The molecule has 2 aromatic rings. The number of anilines is 1. The number of rotatable bonds is 3. The number of thioether (sulfide) groups is 1. The molecule has 0 saturated heterocycles. The highest BCUT2D eigenvalue weighted by Gasteiger charge is 2.04. The molecule has 0 unspecified atom stereocenters. The summed E-state index contributed by atoms with van der Waals surface area (Å²) in [6.45, 7) is 1.97. The minimum Gasteiger partial charge on any atom is -0.398 e. The third kappa shape index (κ3) is 2.74. The summed E-state index contributed by atoms with van der Waals surface area (Å²) in [6.07, 6.45) is 0. The van der Waals surface area contributed by atoms with E-state index in [4.69, 9.17) is 5.73 Å². The predicted octanol–water partition coefficient (Wildman–Crippen LogP) is 3.47. The van der Waals surface area contributed by atoms with Crippen molar-refractivity contribution < 1.29 is 4.39 Å². The van der Waals surface area contributed by atoms with Gasteiger partial charge in [-0.1, -0.05) is 0 Å². The largest absolute Gasteiger partial charge is 0.398 e. The Kier molecular flexibility index (Phi) is 3.46. The maximum absolute atomic E-state index is 13.0. The quantitative estimate of drug-likeness (QED) is 0.673. The van der Waals surface area contributed by atoms with Crippen molar-refractivity contribution in [1.29, 1.82) is 0 Å². The van der Waals surface area contributed by atoms with Crippen molar-refractivity contribution in [3.63, 3.8) is 0 Å². The molecule has 1 aromatic heterocycles. The van der Waals surface area contributed by atoms with E-state index in [1.165, 1.54) is 23.9 Å². The van der Waals surface area contributed by atoms with Gasteiger partial charge in [-0.15, -0.1) is 23.1 Å². The first-order valence-corrected chi connectivity index (χ1v) is 6.60. The first kappa shape index (κ1) is 11.4. The first-order chi connectivity index (χ1) is 7.65. The Bertz CT molecular complexity index is 496. The highest BCUT2D eigenvalue weighted by molar-refractivity contribution is 7.98. The number of aryl methyl sites for hydroxylation is 1. The topological polar surface area (TPSA) is 38.9 Å². The Morgan fingerprint density at radius 2 is 2.31 bits per heavy atom. The molecule has 16 heavy (non-hydrogen) atoms. The molecule has 2 rings (SSSR count). The maximum Gasteiger partial charge on any atom is 0.124 e. The lowest BCUT2D eigenvalue weighted by Crippen LogP contribution is -1.90. The van der Waals surface area contributed by atoms with Gasteiger partial charge < -0.3 is 5.73 Å². The third-order valence-corrected chi connectivity index (χ3v) is 3.94. The molecule has 0 bridgehead atoms. The molecule has 2 nitrogen and oxygen atoms in total. The van der Waals surface area contributed by atoms with Crippen LogP contribution in [0.4, 0.5) is 10.1 Å². The van der Waals surface area contributed by atoms with Gasteiger partial charge in [-0.2, -0.15) is 0 Å². The third-order valence-electron chi connectivity index (χ3n) is 2.02. The lowest BCUT2D eigenvalue weighted by molar-refractivity contribution is 0.624. The fraction of sp³-hybridized carbons (Fsp3) is 0.182. The van der Waals surface area contributed by atoms with Gasteiger partial charge in [-0.05, 0) is 25.1 Å². The van der Waals surface area contributed by atoms with Crippen LogP contribution in [0.5, 0.6) is 0 Å². The number of aromatic nitrogens is 1. The summed E-state index contributed by atoms with van der Waals surface area (Å²) in [5.74, 6) is 0.462. The predicted molar refractivity (Wildman–Crippen MR) is 67.2 cm³/mol. The van der Waals surface area contributed by atoms with Crippen LogP contribution < -0.4 is 5.73 Å². The van der Waals surface area contributed by atoms with Crippen molar-refractivity contribution in [3.8, 4) is 0 Å². The van der Waals surface area contributed by atoms with Crippen LogP contribution in [0, 0.1) is 12.7 Å². The summed E-state index contributed by atoms with van der Waals surface area (Å²) in [5, 5.41) is 3.06. The van der Waals surface area contributed by atoms with E-state index in [1.54, 1.807) is 17.4 Å². The summed E-state index contributed by atoms with van der Waals surface area (Å²) < 4.78 is 13.0. The molecule has 1 heterocycles. The van der Waals surface area contributed by atoms with Crippen LogP contribution in [0.2, 0.25) is 0 Å². The van der Waals surface area contributed by atoms with Crippen molar-refractivity contribution in [3.05, 3.63) is 40.1 Å².